The van der Waals surface area contributed by atoms with Crippen LogP contribution in [0.1, 0.15) is 40.2 Å². The maximum absolute atomic E-state index is 5.45. The molecule has 19 heavy (non-hydrogen) atoms. The Morgan fingerprint density at radius 2 is 1.79 bits per heavy atom. The molecular weight excluding hydrogens is 302 g/mol. The van der Waals surface area contributed by atoms with Crippen LogP contribution in [0.5, 0.6) is 5.75 Å². The molecule has 0 amide bonds. The number of hydrogen-bond acceptors (Lipinski definition) is 2. The molecule has 0 unspecified atom stereocenters. The second kappa shape index (κ2) is 6.27. The van der Waals surface area contributed by atoms with E-state index in [1.807, 2.05) is 12.1 Å². The van der Waals surface area contributed by atoms with E-state index in [1.165, 1.54) is 5.56 Å². The molecule has 0 aliphatic rings. The summed E-state index contributed by atoms with van der Waals surface area (Å²) in [5, 5.41) is 3.58. The zero-order valence-corrected chi connectivity index (χ0v) is 14.5. The van der Waals surface area contributed by atoms with E-state index in [1.54, 1.807) is 7.11 Å². The molecule has 0 atom stereocenters. The van der Waals surface area contributed by atoms with Crippen molar-refractivity contribution in [1.82, 2.24) is 5.32 Å². The number of methoxy groups -OCH3 is 1. The molecule has 1 aromatic rings. The standard InChI is InChI=1S/C16H26BrNO/c1-15(2,3)18-11-16(4,5)10-12-9-13(17)7-8-14(12)19-6/h7-9,18H,10-11H2,1-6H3. The van der Waals surface area contributed by atoms with Crippen LogP contribution in [0.25, 0.3) is 0 Å². The van der Waals surface area contributed by atoms with Crippen molar-refractivity contribution in [3.05, 3.63) is 28.2 Å². The lowest BCUT2D eigenvalue weighted by Crippen LogP contribution is -2.42. The molecule has 0 aromatic heterocycles. The van der Waals surface area contributed by atoms with Crippen LogP contribution in [-0.4, -0.2) is 19.2 Å². The Hall–Kier alpha value is -0.540. The molecular formula is C16H26BrNO. The van der Waals surface area contributed by atoms with E-state index in [0.717, 1.165) is 23.2 Å². The van der Waals surface area contributed by atoms with E-state index in [2.05, 4.69) is 61.9 Å². The number of benzene rings is 1. The van der Waals surface area contributed by atoms with Crippen molar-refractivity contribution in [1.29, 1.82) is 0 Å². The van der Waals surface area contributed by atoms with Crippen LogP contribution in [-0.2, 0) is 6.42 Å². The summed E-state index contributed by atoms with van der Waals surface area (Å²) in [6, 6.07) is 6.19. The van der Waals surface area contributed by atoms with Gasteiger partial charge in [0, 0.05) is 16.6 Å². The van der Waals surface area contributed by atoms with Crippen molar-refractivity contribution in [3.63, 3.8) is 0 Å². The quantitative estimate of drug-likeness (QED) is 0.864. The molecule has 1 N–H and O–H groups in total. The molecule has 108 valence electrons. The van der Waals surface area contributed by atoms with Gasteiger partial charge in [0.2, 0.25) is 0 Å². The van der Waals surface area contributed by atoms with Gasteiger partial charge in [-0.25, -0.2) is 0 Å². The second-order valence-corrected chi connectivity index (χ2v) is 7.82. The van der Waals surface area contributed by atoms with E-state index in [-0.39, 0.29) is 11.0 Å². The molecule has 0 bridgehead atoms. The minimum atomic E-state index is 0.151. The highest BCUT2D eigenvalue weighted by Crippen LogP contribution is 2.30. The third-order valence-corrected chi connectivity index (χ3v) is 3.50. The van der Waals surface area contributed by atoms with Crippen molar-refractivity contribution in [3.8, 4) is 5.75 Å². The highest BCUT2D eigenvalue weighted by atomic mass is 79.9. The van der Waals surface area contributed by atoms with E-state index in [9.17, 15) is 0 Å². The summed E-state index contributed by atoms with van der Waals surface area (Å²) < 4.78 is 6.55. The molecule has 3 heteroatoms. The van der Waals surface area contributed by atoms with Gasteiger partial charge in [-0.3, -0.25) is 0 Å². The van der Waals surface area contributed by atoms with Crippen LogP contribution in [0, 0.1) is 5.41 Å². The van der Waals surface area contributed by atoms with Gasteiger partial charge < -0.3 is 10.1 Å². The van der Waals surface area contributed by atoms with Gasteiger partial charge >= 0.3 is 0 Å². The molecule has 0 heterocycles. The molecule has 0 fully saturated rings. The van der Waals surface area contributed by atoms with Gasteiger partial charge in [0.1, 0.15) is 5.75 Å². The maximum Gasteiger partial charge on any atom is 0.122 e. The van der Waals surface area contributed by atoms with Crippen LogP contribution in [0.3, 0.4) is 0 Å². The fourth-order valence-corrected chi connectivity index (χ4v) is 2.38. The topological polar surface area (TPSA) is 21.3 Å². The minimum Gasteiger partial charge on any atom is -0.496 e. The molecule has 0 spiro atoms. The zero-order chi connectivity index (χ0) is 14.7. The highest BCUT2D eigenvalue weighted by molar-refractivity contribution is 9.10. The molecule has 0 aliphatic carbocycles. The third kappa shape index (κ3) is 5.96. The minimum absolute atomic E-state index is 0.151. The van der Waals surface area contributed by atoms with Crippen molar-refractivity contribution in [2.75, 3.05) is 13.7 Å². The van der Waals surface area contributed by atoms with Crippen molar-refractivity contribution in [2.45, 2.75) is 46.6 Å². The average Bonchev–Trinajstić information content (AvgIpc) is 2.26. The average molecular weight is 328 g/mol. The Kier molecular flexibility index (Phi) is 5.45. The Morgan fingerprint density at radius 1 is 1.16 bits per heavy atom. The van der Waals surface area contributed by atoms with E-state index < -0.39 is 0 Å². The van der Waals surface area contributed by atoms with Gasteiger partial charge in [-0.15, -0.1) is 0 Å². The van der Waals surface area contributed by atoms with E-state index in [0.29, 0.717) is 0 Å². The number of ether oxygens (including phenoxy) is 1. The zero-order valence-electron chi connectivity index (χ0n) is 12.9. The fraction of sp³-hybridized carbons (Fsp3) is 0.625. The Labute approximate surface area is 126 Å². The molecule has 1 rings (SSSR count). The van der Waals surface area contributed by atoms with Gasteiger partial charge in [0.05, 0.1) is 7.11 Å². The van der Waals surface area contributed by atoms with Crippen molar-refractivity contribution >= 4 is 15.9 Å². The third-order valence-electron chi connectivity index (χ3n) is 3.01. The van der Waals surface area contributed by atoms with E-state index in [4.69, 9.17) is 4.74 Å². The van der Waals surface area contributed by atoms with Crippen LogP contribution in [0.2, 0.25) is 0 Å². The smallest absolute Gasteiger partial charge is 0.122 e. The SMILES string of the molecule is COc1ccc(Br)cc1CC(C)(C)CNC(C)(C)C. The van der Waals surface area contributed by atoms with Gasteiger partial charge in [-0.05, 0) is 56.4 Å². The largest absolute Gasteiger partial charge is 0.496 e. The summed E-state index contributed by atoms with van der Waals surface area (Å²) >= 11 is 3.53. The first kappa shape index (κ1) is 16.5. The van der Waals surface area contributed by atoms with Crippen LogP contribution >= 0.6 is 15.9 Å². The summed E-state index contributed by atoms with van der Waals surface area (Å²) in [6.07, 6.45) is 0.985. The number of nitrogens with one attached hydrogen (secondary N) is 1. The van der Waals surface area contributed by atoms with Gasteiger partial charge in [-0.2, -0.15) is 0 Å². The van der Waals surface area contributed by atoms with Gasteiger partial charge in [0.15, 0.2) is 0 Å². The first-order valence-corrected chi connectivity index (χ1v) is 7.50. The fourth-order valence-electron chi connectivity index (χ4n) is 1.97. The van der Waals surface area contributed by atoms with Crippen LogP contribution in [0.4, 0.5) is 0 Å². The van der Waals surface area contributed by atoms with Crippen molar-refractivity contribution in [2.24, 2.45) is 5.41 Å². The number of hydrogen-bond donors (Lipinski definition) is 1. The monoisotopic (exact) mass is 327 g/mol. The highest BCUT2D eigenvalue weighted by Gasteiger charge is 2.23. The second-order valence-electron chi connectivity index (χ2n) is 6.90. The summed E-state index contributed by atoms with van der Waals surface area (Å²) in [4.78, 5) is 0. The predicted molar refractivity (Wildman–Crippen MR) is 85.9 cm³/mol. The molecule has 1 aromatic carbocycles. The first-order valence-electron chi connectivity index (χ1n) is 6.70. The number of halogens is 1. The maximum atomic E-state index is 5.45. The summed E-state index contributed by atoms with van der Waals surface area (Å²) in [6.45, 7) is 12.1. The summed E-state index contributed by atoms with van der Waals surface area (Å²) in [5.74, 6) is 0.965. The first-order chi connectivity index (χ1) is 8.63. The van der Waals surface area contributed by atoms with Crippen molar-refractivity contribution < 1.29 is 4.74 Å². The van der Waals surface area contributed by atoms with Crippen LogP contribution < -0.4 is 10.1 Å². The molecule has 0 saturated carbocycles. The predicted octanol–water partition coefficient (Wildman–Crippen LogP) is 4.41. The van der Waals surface area contributed by atoms with E-state index >= 15 is 0 Å². The Bertz CT molecular complexity index is 421. The Balaban J connectivity index is 2.79. The Morgan fingerprint density at radius 3 is 2.32 bits per heavy atom. The van der Waals surface area contributed by atoms with Crippen LogP contribution in [0.15, 0.2) is 22.7 Å². The summed E-state index contributed by atoms with van der Waals surface area (Å²) in [7, 11) is 1.73. The number of rotatable bonds is 5. The molecule has 0 aliphatic heterocycles. The lowest BCUT2D eigenvalue weighted by molar-refractivity contribution is 0.285. The lowest BCUT2D eigenvalue weighted by atomic mass is 9.84. The van der Waals surface area contributed by atoms with Gasteiger partial charge in [-0.1, -0.05) is 29.8 Å². The molecule has 0 saturated heterocycles. The lowest BCUT2D eigenvalue weighted by Gasteiger charge is -2.31. The molecule has 2 nitrogen and oxygen atoms in total. The van der Waals surface area contributed by atoms with Gasteiger partial charge in [0.25, 0.3) is 0 Å². The normalized spacial score (nSPS) is 12.6. The molecule has 0 radical (unpaired) electrons. The summed E-state index contributed by atoms with van der Waals surface area (Å²) in [5.41, 5.74) is 1.58.